The molecule has 0 saturated heterocycles. The molecule has 1 heterocycles. The summed E-state index contributed by atoms with van der Waals surface area (Å²) in [5.41, 5.74) is 4.42. The van der Waals surface area contributed by atoms with Crippen LogP contribution >= 0.6 is 0 Å². The number of aromatic nitrogens is 1. The first-order valence-electron chi connectivity index (χ1n) is 11.3. The first-order chi connectivity index (χ1) is 17.0. The lowest BCUT2D eigenvalue weighted by Gasteiger charge is -2.22. The fourth-order valence-corrected chi connectivity index (χ4v) is 4.62. The topological polar surface area (TPSA) is 131 Å². The van der Waals surface area contributed by atoms with E-state index in [9.17, 15) is 19.5 Å². The summed E-state index contributed by atoms with van der Waals surface area (Å²) in [5.74, 6) is -2.09. The summed E-state index contributed by atoms with van der Waals surface area (Å²) in [6.45, 7) is 0.139. The number of carboxylic acid groups (broad SMARTS) is 1. The van der Waals surface area contributed by atoms with Crippen molar-refractivity contribution in [3.63, 3.8) is 0 Å². The van der Waals surface area contributed by atoms with Gasteiger partial charge in [0.25, 0.3) is 5.91 Å². The molecule has 1 aromatic heterocycles. The zero-order valence-corrected chi connectivity index (χ0v) is 18.6. The highest BCUT2D eigenvalue weighted by Gasteiger charge is 2.29. The number of carboxylic acids is 1. The molecule has 5 rings (SSSR count). The molecule has 2 aliphatic carbocycles. The van der Waals surface area contributed by atoms with Gasteiger partial charge in [0, 0.05) is 18.0 Å². The van der Waals surface area contributed by atoms with E-state index < -0.39 is 29.9 Å². The van der Waals surface area contributed by atoms with Crippen molar-refractivity contribution in [3.8, 4) is 11.1 Å². The van der Waals surface area contributed by atoms with Gasteiger partial charge in [0.15, 0.2) is 5.69 Å². The van der Waals surface area contributed by atoms with Gasteiger partial charge >= 0.3 is 12.1 Å². The average molecular weight is 473 g/mol. The molecule has 2 aromatic carbocycles. The molecule has 0 fully saturated rings. The number of carbonyl (C=O) groups excluding carboxylic acids is 2. The van der Waals surface area contributed by atoms with E-state index in [4.69, 9.17) is 9.26 Å². The lowest BCUT2D eigenvalue weighted by Crippen LogP contribution is -2.37. The Labute approximate surface area is 200 Å². The van der Waals surface area contributed by atoms with Gasteiger partial charge in [0.2, 0.25) is 5.88 Å². The number of nitrogens with zero attached hydrogens (tertiary/aromatic N) is 1. The van der Waals surface area contributed by atoms with Crippen molar-refractivity contribution in [2.45, 2.75) is 24.8 Å². The number of anilines is 1. The fourth-order valence-electron chi connectivity index (χ4n) is 4.62. The van der Waals surface area contributed by atoms with Crippen molar-refractivity contribution in [2.24, 2.45) is 5.92 Å². The molecular weight excluding hydrogens is 450 g/mol. The lowest BCUT2D eigenvalue weighted by molar-refractivity contribution is -0.142. The average Bonchev–Trinajstić information content (AvgIpc) is 3.46. The summed E-state index contributed by atoms with van der Waals surface area (Å²) in [6.07, 6.45) is 3.49. The third kappa shape index (κ3) is 4.65. The lowest BCUT2D eigenvalue weighted by atomic mass is 9.91. The molecule has 0 radical (unpaired) electrons. The zero-order chi connectivity index (χ0) is 24.4. The number of hydrogen-bond donors (Lipinski definition) is 3. The van der Waals surface area contributed by atoms with Gasteiger partial charge in [-0.3, -0.25) is 14.9 Å². The Kier molecular flexibility index (Phi) is 6.05. The molecule has 0 bridgehead atoms. The highest BCUT2D eigenvalue weighted by Crippen LogP contribution is 2.44. The van der Waals surface area contributed by atoms with Crippen LogP contribution in [0.1, 0.15) is 40.4 Å². The molecule has 0 aliphatic heterocycles. The summed E-state index contributed by atoms with van der Waals surface area (Å²) in [5, 5.41) is 18.0. The monoisotopic (exact) mass is 473 g/mol. The van der Waals surface area contributed by atoms with E-state index in [0.717, 1.165) is 22.3 Å². The molecule has 9 heteroatoms. The van der Waals surface area contributed by atoms with Gasteiger partial charge in [0.1, 0.15) is 6.61 Å². The Morgan fingerprint density at radius 3 is 2.43 bits per heavy atom. The highest BCUT2D eigenvalue weighted by molar-refractivity contribution is 5.94. The Morgan fingerprint density at radius 1 is 1.06 bits per heavy atom. The molecular formula is C26H23N3O6. The molecule has 3 N–H and O–H groups in total. The van der Waals surface area contributed by atoms with Crippen molar-refractivity contribution in [3.05, 3.63) is 83.6 Å². The van der Waals surface area contributed by atoms with Crippen molar-refractivity contribution in [1.82, 2.24) is 10.5 Å². The number of benzene rings is 2. The first-order valence-corrected chi connectivity index (χ1v) is 11.3. The molecule has 9 nitrogen and oxygen atoms in total. The highest BCUT2D eigenvalue weighted by atomic mass is 16.6. The Balaban J connectivity index is 1.17. The zero-order valence-electron chi connectivity index (χ0n) is 18.6. The van der Waals surface area contributed by atoms with Crippen LogP contribution in [0.5, 0.6) is 0 Å². The van der Waals surface area contributed by atoms with Crippen LogP contribution in [-0.4, -0.2) is 40.9 Å². The molecule has 178 valence electrons. The summed E-state index contributed by atoms with van der Waals surface area (Å²) < 4.78 is 10.5. The van der Waals surface area contributed by atoms with Gasteiger partial charge in [-0.15, -0.1) is 0 Å². The van der Waals surface area contributed by atoms with Gasteiger partial charge in [0.05, 0.1) is 5.92 Å². The quantitative estimate of drug-likeness (QED) is 0.458. The Morgan fingerprint density at radius 2 is 1.74 bits per heavy atom. The molecule has 2 aliphatic rings. The third-order valence-electron chi connectivity index (χ3n) is 6.30. The van der Waals surface area contributed by atoms with Crippen LogP contribution in [-0.2, 0) is 9.53 Å². The van der Waals surface area contributed by atoms with E-state index in [2.05, 4.69) is 27.9 Å². The van der Waals surface area contributed by atoms with Gasteiger partial charge < -0.3 is 19.7 Å². The van der Waals surface area contributed by atoms with Crippen LogP contribution in [0.15, 0.2) is 71.3 Å². The van der Waals surface area contributed by atoms with E-state index in [1.54, 1.807) is 12.2 Å². The number of amides is 2. The van der Waals surface area contributed by atoms with Crippen molar-refractivity contribution in [2.75, 3.05) is 11.9 Å². The second-order valence-corrected chi connectivity index (χ2v) is 8.54. The third-order valence-corrected chi connectivity index (χ3v) is 6.30. The van der Waals surface area contributed by atoms with Crippen molar-refractivity contribution < 1.29 is 28.8 Å². The van der Waals surface area contributed by atoms with Crippen LogP contribution in [0.3, 0.4) is 0 Å². The van der Waals surface area contributed by atoms with Crippen LogP contribution in [0.25, 0.3) is 11.1 Å². The predicted molar refractivity (Wildman–Crippen MR) is 126 cm³/mol. The summed E-state index contributed by atoms with van der Waals surface area (Å²) in [7, 11) is 0. The molecule has 0 spiro atoms. The summed E-state index contributed by atoms with van der Waals surface area (Å²) in [4.78, 5) is 36.1. The summed E-state index contributed by atoms with van der Waals surface area (Å²) in [6, 6.07) is 16.9. The minimum absolute atomic E-state index is 0.0324. The maximum absolute atomic E-state index is 12.5. The maximum atomic E-state index is 12.5. The maximum Gasteiger partial charge on any atom is 0.414 e. The molecule has 0 unspecified atom stereocenters. The van der Waals surface area contributed by atoms with Crippen LogP contribution in [0, 0.1) is 5.92 Å². The molecule has 0 saturated carbocycles. The Hall–Kier alpha value is -4.40. The van der Waals surface area contributed by atoms with Gasteiger partial charge in [-0.1, -0.05) is 65.8 Å². The standard InChI is InChI=1S/C26H23N3O6/c30-24(27-16-7-5-6-15(12-16)25(31)32)22-13-23(35-29-22)28-26(33)34-14-21-19-10-3-1-8-17(19)18-9-2-4-11-20(18)21/h1-5,7-11,13,15-16,21H,6,12,14H2,(H,27,30)(H,28,33)(H,31,32)/t15-,16-/m1/s1. The van der Waals surface area contributed by atoms with E-state index in [0.29, 0.717) is 12.8 Å². The number of allylic oxidation sites excluding steroid dienone is 1. The SMILES string of the molecule is O=C(Nc1cc(C(=O)N[C@@H]2C=CC[C@@H](C(=O)O)C2)no1)OCC1c2ccccc2-c2ccccc21. The second-order valence-electron chi connectivity index (χ2n) is 8.54. The number of fused-ring (bicyclic) bond motifs is 3. The summed E-state index contributed by atoms with van der Waals surface area (Å²) >= 11 is 0. The van der Waals surface area contributed by atoms with E-state index in [1.807, 2.05) is 36.4 Å². The molecule has 3 aromatic rings. The van der Waals surface area contributed by atoms with Gasteiger partial charge in [-0.05, 0) is 35.1 Å². The number of nitrogens with one attached hydrogen (secondary N) is 2. The van der Waals surface area contributed by atoms with E-state index in [-0.39, 0.29) is 24.1 Å². The minimum atomic E-state index is -0.899. The van der Waals surface area contributed by atoms with Crippen LogP contribution in [0.2, 0.25) is 0 Å². The van der Waals surface area contributed by atoms with Crippen molar-refractivity contribution >= 4 is 23.9 Å². The van der Waals surface area contributed by atoms with Crippen LogP contribution < -0.4 is 10.6 Å². The number of hydrogen-bond acceptors (Lipinski definition) is 6. The Bertz CT molecular complexity index is 1270. The number of rotatable bonds is 6. The number of aliphatic carboxylic acids is 1. The second kappa shape index (κ2) is 9.46. The minimum Gasteiger partial charge on any atom is -0.481 e. The normalized spacial score (nSPS) is 18.4. The first kappa shape index (κ1) is 22.4. The predicted octanol–water partition coefficient (Wildman–Crippen LogP) is 4.18. The molecule has 2 atom stereocenters. The van der Waals surface area contributed by atoms with E-state index >= 15 is 0 Å². The fraction of sp³-hybridized carbons (Fsp3) is 0.231. The van der Waals surface area contributed by atoms with Gasteiger partial charge in [-0.25, -0.2) is 4.79 Å². The van der Waals surface area contributed by atoms with Crippen LogP contribution in [0.4, 0.5) is 10.7 Å². The van der Waals surface area contributed by atoms with E-state index in [1.165, 1.54) is 6.07 Å². The largest absolute Gasteiger partial charge is 0.481 e. The van der Waals surface area contributed by atoms with Gasteiger partial charge in [-0.2, -0.15) is 0 Å². The molecule has 2 amide bonds. The smallest absolute Gasteiger partial charge is 0.414 e. The number of ether oxygens (including phenoxy) is 1. The number of carbonyl (C=O) groups is 3. The van der Waals surface area contributed by atoms with Crippen molar-refractivity contribution in [1.29, 1.82) is 0 Å². The molecule has 35 heavy (non-hydrogen) atoms.